The Kier molecular flexibility index (Phi) is 6.51. The summed E-state index contributed by atoms with van der Waals surface area (Å²) in [5.41, 5.74) is 4.57. The van der Waals surface area contributed by atoms with Crippen molar-refractivity contribution >= 4 is 21.6 Å². The van der Waals surface area contributed by atoms with Gasteiger partial charge in [-0.2, -0.15) is 0 Å². The normalized spacial score (nSPS) is 30.3. The molecule has 4 atom stereocenters. The van der Waals surface area contributed by atoms with Gasteiger partial charge in [-0.05, 0) is 70.6 Å². The molecule has 7 heteroatoms. The number of methoxy groups -OCH3 is 1. The zero-order chi connectivity index (χ0) is 24.9. The van der Waals surface area contributed by atoms with Crippen LogP contribution in [0, 0.1) is 11.8 Å². The van der Waals surface area contributed by atoms with Crippen LogP contribution < -0.4 is 9.47 Å². The maximum Gasteiger partial charge on any atom is 0.142 e. The molecule has 2 saturated carbocycles. The molecule has 36 heavy (non-hydrogen) atoms. The van der Waals surface area contributed by atoms with Gasteiger partial charge < -0.3 is 19.4 Å². The summed E-state index contributed by atoms with van der Waals surface area (Å²) in [5, 5.41) is 15.2. The second-order valence-electron chi connectivity index (χ2n) is 11.0. The van der Waals surface area contributed by atoms with Crippen LogP contribution in [-0.4, -0.2) is 48.1 Å². The summed E-state index contributed by atoms with van der Waals surface area (Å²) in [6, 6.07) is 12.4. The van der Waals surface area contributed by atoms with Gasteiger partial charge in [0, 0.05) is 36.5 Å². The predicted octanol–water partition coefficient (Wildman–Crippen LogP) is 5.44. The molecule has 2 fully saturated rings. The molecule has 0 unspecified atom stereocenters. The van der Waals surface area contributed by atoms with Crippen molar-refractivity contribution in [2.24, 2.45) is 17.0 Å². The van der Waals surface area contributed by atoms with Crippen molar-refractivity contribution in [3.63, 3.8) is 0 Å². The molecule has 6 rings (SSSR count). The van der Waals surface area contributed by atoms with Crippen LogP contribution >= 0.6 is 15.9 Å². The van der Waals surface area contributed by atoms with Gasteiger partial charge in [0.1, 0.15) is 28.7 Å². The molecule has 192 valence electrons. The third-order valence-corrected chi connectivity index (χ3v) is 9.51. The van der Waals surface area contributed by atoms with Gasteiger partial charge in [0.2, 0.25) is 0 Å². The van der Waals surface area contributed by atoms with E-state index in [0.717, 1.165) is 65.5 Å². The van der Waals surface area contributed by atoms with E-state index in [-0.39, 0.29) is 24.2 Å². The van der Waals surface area contributed by atoms with Crippen LogP contribution in [-0.2, 0) is 23.4 Å². The minimum atomic E-state index is -0.177. The van der Waals surface area contributed by atoms with Crippen molar-refractivity contribution in [2.75, 3.05) is 20.3 Å². The fraction of sp³-hybridized carbons (Fsp3) is 0.552. The minimum absolute atomic E-state index is 0.0487. The molecule has 0 radical (unpaired) electrons. The Bertz CT molecular complexity index is 1150. The SMILES string of the molecule is COc1cc2c3c(c1Br)O[C@@H]1C/C(=N/OCc4ccccc4)C[C@@H](C)[C@]31C[C@@H](CO)N(CC1CC1)C2. The largest absolute Gasteiger partial charge is 0.495 e. The van der Waals surface area contributed by atoms with Crippen LogP contribution in [0.4, 0.5) is 0 Å². The molecule has 0 saturated heterocycles. The van der Waals surface area contributed by atoms with Crippen molar-refractivity contribution in [3.05, 3.63) is 57.6 Å². The highest BCUT2D eigenvalue weighted by Gasteiger charge is 2.59. The highest BCUT2D eigenvalue weighted by atomic mass is 79.9. The molecule has 0 aromatic heterocycles. The zero-order valence-corrected chi connectivity index (χ0v) is 22.7. The Morgan fingerprint density at radius 2 is 2.03 bits per heavy atom. The number of hydrogen-bond donors (Lipinski definition) is 1. The van der Waals surface area contributed by atoms with Crippen molar-refractivity contribution in [1.82, 2.24) is 4.90 Å². The summed E-state index contributed by atoms with van der Waals surface area (Å²) in [7, 11) is 1.71. The molecule has 2 aromatic carbocycles. The number of halogens is 1. The average Bonchev–Trinajstić information content (AvgIpc) is 3.65. The number of nitrogens with zero attached hydrogens (tertiary/aromatic N) is 2. The van der Waals surface area contributed by atoms with Crippen LogP contribution in [0.5, 0.6) is 11.5 Å². The third kappa shape index (κ3) is 4.13. The first-order valence-corrected chi connectivity index (χ1v) is 14.0. The quantitative estimate of drug-likeness (QED) is 0.462. The number of aliphatic hydroxyl groups is 1. The predicted molar refractivity (Wildman–Crippen MR) is 142 cm³/mol. The van der Waals surface area contributed by atoms with E-state index in [0.29, 0.717) is 12.5 Å². The van der Waals surface area contributed by atoms with E-state index in [1.165, 1.54) is 24.0 Å². The summed E-state index contributed by atoms with van der Waals surface area (Å²) >= 11 is 3.80. The Balaban J connectivity index is 1.35. The summed E-state index contributed by atoms with van der Waals surface area (Å²) in [6.45, 7) is 4.82. The van der Waals surface area contributed by atoms with Crippen molar-refractivity contribution in [3.8, 4) is 11.5 Å². The second kappa shape index (κ2) is 9.66. The second-order valence-corrected chi connectivity index (χ2v) is 11.8. The highest BCUT2D eigenvalue weighted by Crippen LogP contribution is 2.61. The van der Waals surface area contributed by atoms with E-state index in [2.05, 4.69) is 51.1 Å². The molecule has 2 aliphatic heterocycles. The van der Waals surface area contributed by atoms with Crippen LogP contribution in [0.2, 0.25) is 0 Å². The maximum atomic E-state index is 10.6. The lowest BCUT2D eigenvalue weighted by Gasteiger charge is -2.45. The topological polar surface area (TPSA) is 63.5 Å². The Morgan fingerprint density at radius 3 is 2.75 bits per heavy atom. The summed E-state index contributed by atoms with van der Waals surface area (Å²) in [4.78, 5) is 8.31. The highest BCUT2D eigenvalue weighted by molar-refractivity contribution is 9.10. The molecule has 2 aliphatic carbocycles. The average molecular weight is 556 g/mol. The number of aliphatic hydroxyl groups excluding tert-OH is 1. The summed E-state index contributed by atoms with van der Waals surface area (Å²) in [5.74, 6) is 2.77. The van der Waals surface area contributed by atoms with E-state index in [1.807, 2.05) is 18.2 Å². The molecule has 2 aromatic rings. The lowest BCUT2D eigenvalue weighted by Crippen LogP contribution is -2.52. The van der Waals surface area contributed by atoms with Gasteiger partial charge in [0.15, 0.2) is 0 Å². The molecule has 0 amide bonds. The van der Waals surface area contributed by atoms with Crippen LogP contribution in [0.3, 0.4) is 0 Å². The van der Waals surface area contributed by atoms with Gasteiger partial charge in [-0.1, -0.05) is 42.4 Å². The molecule has 2 heterocycles. The van der Waals surface area contributed by atoms with E-state index in [1.54, 1.807) is 7.11 Å². The Morgan fingerprint density at radius 1 is 1.22 bits per heavy atom. The summed E-state index contributed by atoms with van der Waals surface area (Å²) < 4.78 is 13.4. The molecule has 1 spiro atoms. The van der Waals surface area contributed by atoms with E-state index < -0.39 is 0 Å². The molecule has 1 N–H and O–H groups in total. The van der Waals surface area contributed by atoms with E-state index >= 15 is 0 Å². The standard InChI is InChI=1S/C29H35BrN2O4/c1-18-10-22(31-35-17-20-6-4-3-5-7-20)12-25-29(18)13-23(16-33)32(14-19-8-9-19)15-21-11-24(34-2)27(30)28(36-25)26(21)29/h3-7,11,18-19,23,25,33H,8-10,12-17H2,1-2H3/b31-22+/t18-,23+,25-,29+/m1/s1. The number of rotatable bonds is 7. The molecule has 0 bridgehead atoms. The minimum Gasteiger partial charge on any atom is -0.495 e. The number of benzene rings is 2. The molecular weight excluding hydrogens is 520 g/mol. The first kappa shape index (κ1) is 24.3. The van der Waals surface area contributed by atoms with E-state index in [4.69, 9.17) is 14.3 Å². The van der Waals surface area contributed by atoms with Gasteiger partial charge in [-0.25, -0.2) is 0 Å². The van der Waals surface area contributed by atoms with Crippen molar-refractivity contribution < 1.29 is 19.4 Å². The molecule has 6 nitrogen and oxygen atoms in total. The maximum absolute atomic E-state index is 10.6. The monoisotopic (exact) mass is 554 g/mol. The fourth-order valence-corrected chi connectivity index (χ4v) is 7.33. The lowest BCUT2D eigenvalue weighted by molar-refractivity contribution is 0.0380. The van der Waals surface area contributed by atoms with Gasteiger partial charge in [-0.15, -0.1) is 0 Å². The first-order chi connectivity index (χ1) is 17.5. The smallest absolute Gasteiger partial charge is 0.142 e. The van der Waals surface area contributed by atoms with Gasteiger partial charge in [0.05, 0.1) is 19.4 Å². The number of hydrogen-bond acceptors (Lipinski definition) is 6. The first-order valence-electron chi connectivity index (χ1n) is 13.2. The van der Waals surface area contributed by atoms with Crippen molar-refractivity contribution in [2.45, 2.75) is 69.7 Å². The third-order valence-electron chi connectivity index (χ3n) is 8.76. The Hall–Kier alpha value is -2.09. The van der Waals surface area contributed by atoms with Gasteiger partial charge in [-0.3, -0.25) is 4.90 Å². The lowest BCUT2D eigenvalue weighted by atomic mass is 9.59. The fourth-order valence-electron chi connectivity index (χ4n) is 6.76. The number of oxime groups is 1. The molecular formula is C29H35BrN2O4. The Labute approximate surface area is 221 Å². The van der Waals surface area contributed by atoms with Crippen molar-refractivity contribution in [1.29, 1.82) is 0 Å². The van der Waals surface area contributed by atoms with Crippen LogP contribution in [0.25, 0.3) is 0 Å². The summed E-state index contributed by atoms with van der Waals surface area (Å²) in [6.07, 6.45) is 5.02. The van der Waals surface area contributed by atoms with Gasteiger partial charge >= 0.3 is 0 Å². The number of ether oxygens (including phenoxy) is 2. The van der Waals surface area contributed by atoms with Gasteiger partial charge in [0.25, 0.3) is 0 Å². The zero-order valence-electron chi connectivity index (χ0n) is 21.1. The van der Waals surface area contributed by atoms with E-state index in [9.17, 15) is 5.11 Å². The molecule has 4 aliphatic rings. The van der Waals surface area contributed by atoms with Crippen LogP contribution in [0.1, 0.15) is 55.7 Å². The van der Waals surface area contributed by atoms with Crippen LogP contribution in [0.15, 0.2) is 46.0 Å².